The maximum atomic E-state index is 8.75. The van der Waals surface area contributed by atoms with Gasteiger partial charge >= 0.3 is 0 Å². The van der Waals surface area contributed by atoms with Crippen molar-refractivity contribution in [3.8, 4) is 0 Å². The molecule has 0 fully saturated rings. The molecule has 0 spiro atoms. The highest BCUT2D eigenvalue weighted by atomic mass is 35.5. The van der Waals surface area contributed by atoms with E-state index in [1.807, 2.05) is 31.2 Å². The molecule has 0 amide bonds. The molecule has 0 unspecified atom stereocenters. The Morgan fingerprint density at radius 3 is 2.67 bits per heavy atom. The number of aliphatic hydroxyl groups excluding tert-OH is 1. The summed E-state index contributed by atoms with van der Waals surface area (Å²) in [6.45, 7) is 2.01. The Morgan fingerprint density at radius 2 is 2.17 bits per heavy atom. The van der Waals surface area contributed by atoms with E-state index in [4.69, 9.17) is 10.8 Å². The molecule has 12 heavy (non-hydrogen) atoms. The Kier molecular flexibility index (Phi) is 4.90. The van der Waals surface area contributed by atoms with Gasteiger partial charge in [0, 0.05) is 0 Å². The van der Waals surface area contributed by atoms with Gasteiger partial charge in [0.2, 0.25) is 0 Å². The van der Waals surface area contributed by atoms with Crippen LogP contribution in [0, 0.1) is 6.92 Å². The second kappa shape index (κ2) is 5.14. The summed E-state index contributed by atoms with van der Waals surface area (Å²) in [5.74, 6) is 0. The van der Waals surface area contributed by atoms with E-state index >= 15 is 0 Å². The maximum absolute atomic E-state index is 8.75. The molecule has 1 atom stereocenters. The molecular weight excluding hydrogens is 174 g/mol. The molecule has 0 saturated carbocycles. The Hall–Kier alpha value is -0.570. The van der Waals surface area contributed by atoms with Gasteiger partial charge in [0.05, 0.1) is 12.6 Å². The van der Waals surface area contributed by atoms with Crippen LogP contribution in [-0.4, -0.2) is 11.7 Å². The second-order valence-corrected chi connectivity index (χ2v) is 2.70. The second-order valence-electron chi connectivity index (χ2n) is 2.70. The average molecular weight is 188 g/mol. The van der Waals surface area contributed by atoms with Crippen LogP contribution in [0.25, 0.3) is 0 Å². The van der Waals surface area contributed by atoms with E-state index in [1.165, 1.54) is 5.56 Å². The standard InChI is InChI=1S/C9H13NO.ClH/c1-7-3-2-4-8(5-7)9(10)6-11;/h2-5,9,11H,6,10H2,1H3;1H/t9-;/m1./s1. The first-order valence-corrected chi connectivity index (χ1v) is 3.67. The van der Waals surface area contributed by atoms with Crippen molar-refractivity contribution in [2.24, 2.45) is 5.73 Å². The zero-order valence-corrected chi connectivity index (χ0v) is 7.84. The van der Waals surface area contributed by atoms with Crippen molar-refractivity contribution < 1.29 is 5.11 Å². The number of hydrogen-bond donors (Lipinski definition) is 2. The van der Waals surface area contributed by atoms with Crippen molar-refractivity contribution >= 4 is 12.4 Å². The molecule has 0 aliphatic rings. The summed E-state index contributed by atoms with van der Waals surface area (Å²) in [5, 5.41) is 8.75. The third-order valence-electron chi connectivity index (χ3n) is 1.67. The van der Waals surface area contributed by atoms with E-state index in [0.717, 1.165) is 5.56 Å². The number of nitrogens with two attached hydrogens (primary N) is 1. The quantitative estimate of drug-likeness (QED) is 0.736. The minimum atomic E-state index is -0.241. The van der Waals surface area contributed by atoms with Gasteiger partial charge in [-0.15, -0.1) is 12.4 Å². The highest BCUT2D eigenvalue weighted by Crippen LogP contribution is 2.10. The van der Waals surface area contributed by atoms with Crippen LogP contribution in [0.4, 0.5) is 0 Å². The highest BCUT2D eigenvalue weighted by Gasteiger charge is 2.02. The average Bonchev–Trinajstić information content (AvgIpc) is 2.03. The number of benzene rings is 1. The molecule has 1 rings (SSSR count). The third kappa shape index (κ3) is 2.81. The minimum Gasteiger partial charge on any atom is -0.394 e. The molecule has 3 heteroatoms. The summed E-state index contributed by atoms with van der Waals surface area (Å²) >= 11 is 0. The van der Waals surface area contributed by atoms with Gasteiger partial charge in [0.15, 0.2) is 0 Å². The fourth-order valence-electron chi connectivity index (χ4n) is 1.01. The molecule has 0 heterocycles. The molecular formula is C9H14ClNO. The van der Waals surface area contributed by atoms with Crippen molar-refractivity contribution in [3.05, 3.63) is 35.4 Å². The smallest absolute Gasteiger partial charge is 0.0624 e. The molecule has 0 radical (unpaired) electrons. The number of aliphatic hydroxyl groups is 1. The van der Waals surface area contributed by atoms with Crippen LogP contribution in [0.2, 0.25) is 0 Å². The number of rotatable bonds is 2. The zero-order chi connectivity index (χ0) is 8.27. The maximum Gasteiger partial charge on any atom is 0.0624 e. The first-order chi connectivity index (χ1) is 5.24. The van der Waals surface area contributed by atoms with Crippen LogP contribution in [0.3, 0.4) is 0 Å². The Morgan fingerprint density at radius 1 is 1.50 bits per heavy atom. The SMILES string of the molecule is Cc1cccc([C@H](N)CO)c1.Cl. The van der Waals surface area contributed by atoms with Crippen molar-refractivity contribution in [2.45, 2.75) is 13.0 Å². The van der Waals surface area contributed by atoms with E-state index in [1.54, 1.807) is 0 Å². The predicted molar refractivity (Wildman–Crippen MR) is 52.4 cm³/mol. The van der Waals surface area contributed by atoms with Crippen LogP contribution in [0.1, 0.15) is 17.2 Å². The molecule has 1 aromatic carbocycles. The van der Waals surface area contributed by atoms with E-state index in [9.17, 15) is 0 Å². The van der Waals surface area contributed by atoms with E-state index in [0.29, 0.717) is 0 Å². The molecule has 1 aromatic rings. The first-order valence-electron chi connectivity index (χ1n) is 3.67. The van der Waals surface area contributed by atoms with E-state index in [-0.39, 0.29) is 25.1 Å². The van der Waals surface area contributed by atoms with Crippen LogP contribution in [0.15, 0.2) is 24.3 Å². The van der Waals surface area contributed by atoms with Crippen molar-refractivity contribution in [2.75, 3.05) is 6.61 Å². The fourth-order valence-corrected chi connectivity index (χ4v) is 1.01. The molecule has 0 bridgehead atoms. The summed E-state index contributed by atoms with van der Waals surface area (Å²) in [6.07, 6.45) is 0. The van der Waals surface area contributed by atoms with Gasteiger partial charge in [-0.05, 0) is 12.5 Å². The van der Waals surface area contributed by atoms with Gasteiger partial charge < -0.3 is 10.8 Å². The number of aryl methyl sites for hydroxylation is 1. The monoisotopic (exact) mass is 187 g/mol. The summed E-state index contributed by atoms with van der Waals surface area (Å²) in [4.78, 5) is 0. The van der Waals surface area contributed by atoms with Gasteiger partial charge in [-0.25, -0.2) is 0 Å². The van der Waals surface area contributed by atoms with Crippen LogP contribution >= 0.6 is 12.4 Å². The molecule has 2 nitrogen and oxygen atoms in total. The lowest BCUT2D eigenvalue weighted by atomic mass is 10.1. The molecule has 68 valence electrons. The largest absolute Gasteiger partial charge is 0.394 e. The van der Waals surface area contributed by atoms with Crippen molar-refractivity contribution in [3.63, 3.8) is 0 Å². The summed E-state index contributed by atoms with van der Waals surface area (Å²) < 4.78 is 0. The summed E-state index contributed by atoms with van der Waals surface area (Å²) in [6, 6.07) is 7.62. The highest BCUT2D eigenvalue weighted by molar-refractivity contribution is 5.85. The topological polar surface area (TPSA) is 46.2 Å². The van der Waals surface area contributed by atoms with Gasteiger partial charge in [-0.2, -0.15) is 0 Å². The molecule has 0 aliphatic heterocycles. The first kappa shape index (κ1) is 11.4. The van der Waals surface area contributed by atoms with Crippen LogP contribution in [0.5, 0.6) is 0 Å². The molecule has 3 N–H and O–H groups in total. The van der Waals surface area contributed by atoms with Gasteiger partial charge in [0.1, 0.15) is 0 Å². The lowest BCUT2D eigenvalue weighted by Gasteiger charge is -2.08. The fraction of sp³-hybridized carbons (Fsp3) is 0.333. The Labute approximate surface area is 78.8 Å². The lowest BCUT2D eigenvalue weighted by molar-refractivity contribution is 0.268. The molecule has 0 saturated heterocycles. The van der Waals surface area contributed by atoms with E-state index < -0.39 is 0 Å². The summed E-state index contributed by atoms with van der Waals surface area (Å²) in [5.41, 5.74) is 7.78. The van der Waals surface area contributed by atoms with Gasteiger partial charge in [-0.1, -0.05) is 29.8 Å². The normalized spacial score (nSPS) is 11.9. The number of halogens is 1. The zero-order valence-electron chi connectivity index (χ0n) is 7.03. The third-order valence-corrected chi connectivity index (χ3v) is 1.67. The lowest BCUT2D eigenvalue weighted by Crippen LogP contribution is -2.14. The minimum absolute atomic E-state index is 0. The van der Waals surface area contributed by atoms with Crippen LogP contribution < -0.4 is 5.73 Å². The number of hydrogen-bond acceptors (Lipinski definition) is 2. The predicted octanol–water partition coefficient (Wildman–Crippen LogP) is 1.41. The molecule has 0 aliphatic carbocycles. The summed E-state index contributed by atoms with van der Waals surface area (Å²) in [7, 11) is 0. The molecule has 0 aromatic heterocycles. The van der Waals surface area contributed by atoms with Gasteiger partial charge in [0.25, 0.3) is 0 Å². The van der Waals surface area contributed by atoms with Crippen LogP contribution in [-0.2, 0) is 0 Å². The Balaban J connectivity index is 0.00000121. The Bertz CT molecular complexity index is 240. The van der Waals surface area contributed by atoms with Crippen molar-refractivity contribution in [1.29, 1.82) is 0 Å². The van der Waals surface area contributed by atoms with Gasteiger partial charge in [-0.3, -0.25) is 0 Å². The van der Waals surface area contributed by atoms with E-state index in [2.05, 4.69) is 0 Å². The van der Waals surface area contributed by atoms with Crippen molar-refractivity contribution in [1.82, 2.24) is 0 Å².